The Labute approximate surface area is 126 Å². The molecular formula is C17H24N2S. The van der Waals surface area contributed by atoms with Gasteiger partial charge in [0, 0.05) is 18.4 Å². The minimum Gasteiger partial charge on any atom is -0.314 e. The molecule has 0 radical (unpaired) electrons. The van der Waals surface area contributed by atoms with Gasteiger partial charge in [0.1, 0.15) is 0 Å². The Hall–Kier alpha value is -1.19. The van der Waals surface area contributed by atoms with E-state index in [-0.39, 0.29) is 0 Å². The molecule has 0 saturated heterocycles. The number of rotatable bonds is 9. The molecule has 0 bridgehead atoms. The number of thiophene rings is 1. The first kappa shape index (κ1) is 15.2. The van der Waals surface area contributed by atoms with Crippen molar-refractivity contribution in [3.63, 3.8) is 0 Å². The zero-order valence-electron chi connectivity index (χ0n) is 12.2. The third-order valence-corrected chi connectivity index (χ3v) is 4.31. The summed E-state index contributed by atoms with van der Waals surface area (Å²) in [5.41, 5.74) is 2.86. The molecule has 2 aromatic heterocycles. The maximum atomic E-state index is 4.08. The van der Waals surface area contributed by atoms with Gasteiger partial charge in [-0.05, 0) is 78.7 Å². The molecular weight excluding hydrogens is 264 g/mol. The monoisotopic (exact) mass is 288 g/mol. The van der Waals surface area contributed by atoms with E-state index in [0.29, 0.717) is 6.04 Å². The molecule has 108 valence electrons. The molecule has 1 unspecified atom stereocenters. The largest absolute Gasteiger partial charge is 0.314 e. The van der Waals surface area contributed by atoms with E-state index in [9.17, 15) is 0 Å². The summed E-state index contributed by atoms with van der Waals surface area (Å²) in [6.07, 6.45) is 9.71. The molecule has 0 saturated carbocycles. The van der Waals surface area contributed by atoms with Crippen LogP contribution in [0.1, 0.15) is 37.3 Å². The number of hydrogen-bond acceptors (Lipinski definition) is 3. The van der Waals surface area contributed by atoms with Crippen molar-refractivity contribution in [1.82, 2.24) is 10.3 Å². The predicted molar refractivity (Wildman–Crippen MR) is 87.3 cm³/mol. The van der Waals surface area contributed by atoms with Crippen molar-refractivity contribution in [2.45, 2.75) is 45.1 Å². The van der Waals surface area contributed by atoms with Crippen LogP contribution in [-0.4, -0.2) is 17.6 Å². The normalized spacial score (nSPS) is 12.4. The van der Waals surface area contributed by atoms with Crippen LogP contribution in [0.3, 0.4) is 0 Å². The van der Waals surface area contributed by atoms with Gasteiger partial charge < -0.3 is 5.32 Å². The molecule has 0 aromatic carbocycles. The van der Waals surface area contributed by atoms with Crippen molar-refractivity contribution in [1.29, 1.82) is 0 Å². The molecule has 0 aliphatic heterocycles. The number of hydrogen-bond donors (Lipinski definition) is 1. The minimum absolute atomic E-state index is 0.614. The lowest BCUT2D eigenvalue weighted by molar-refractivity contribution is 0.453. The molecule has 20 heavy (non-hydrogen) atoms. The van der Waals surface area contributed by atoms with Crippen LogP contribution in [0.2, 0.25) is 0 Å². The average molecular weight is 288 g/mol. The van der Waals surface area contributed by atoms with Crippen LogP contribution < -0.4 is 5.32 Å². The maximum absolute atomic E-state index is 4.08. The van der Waals surface area contributed by atoms with Gasteiger partial charge in [0.25, 0.3) is 0 Å². The molecule has 0 aliphatic rings. The first-order chi connectivity index (χ1) is 9.88. The van der Waals surface area contributed by atoms with Crippen molar-refractivity contribution < 1.29 is 0 Å². The standard InChI is InChI=1S/C17H24N2S/c1-2-10-19-17(6-4-16-9-13-20-14-16)5-3-15-7-11-18-12-8-15/h7-9,11-14,17,19H,2-6,10H2,1H3. The number of nitrogens with zero attached hydrogens (tertiary/aromatic N) is 1. The summed E-state index contributed by atoms with van der Waals surface area (Å²) >= 11 is 1.79. The second-order valence-corrected chi connectivity index (χ2v) is 6.00. The van der Waals surface area contributed by atoms with Crippen LogP contribution >= 0.6 is 11.3 Å². The number of pyridine rings is 1. The highest BCUT2D eigenvalue weighted by Crippen LogP contribution is 2.13. The van der Waals surface area contributed by atoms with Crippen LogP contribution in [-0.2, 0) is 12.8 Å². The smallest absolute Gasteiger partial charge is 0.0270 e. The zero-order valence-corrected chi connectivity index (χ0v) is 13.0. The molecule has 1 atom stereocenters. The van der Waals surface area contributed by atoms with Gasteiger partial charge >= 0.3 is 0 Å². The second kappa shape index (κ2) is 8.88. The van der Waals surface area contributed by atoms with E-state index in [0.717, 1.165) is 13.0 Å². The van der Waals surface area contributed by atoms with Crippen molar-refractivity contribution in [2.75, 3.05) is 6.54 Å². The van der Waals surface area contributed by atoms with Crippen LogP contribution in [0, 0.1) is 0 Å². The fourth-order valence-electron chi connectivity index (χ4n) is 2.36. The van der Waals surface area contributed by atoms with Crippen LogP contribution in [0.5, 0.6) is 0 Å². The Morgan fingerprint density at radius 1 is 1.10 bits per heavy atom. The lowest BCUT2D eigenvalue weighted by Crippen LogP contribution is -2.30. The third kappa shape index (κ3) is 5.43. The lowest BCUT2D eigenvalue weighted by Gasteiger charge is -2.18. The molecule has 0 fully saturated rings. The fraction of sp³-hybridized carbons (Fsp3) is 0.471. The number of aryl methyl sites for hydroxylation is 2. The SMILES string of the molecule is CCCNC(CCc1ccncc1)CCc1ccsc1. The van der Waals surface area contributed by atoms with Gasteiger partial charge in [0.2, 0.25) is 0 Å². The summed E-state index contributed by atoms with van der Waals surface area (Å²) < 4.78 is 0. The minimum atomic E-state index is 0.614. The van der Waals surface area contributed by atoms with Crippen molar-refractivity contribution in [2.24, 2.45) is 0 Å². The Balaban J connectivity index is 1.80. The Kier molecular flexibility index (Phi) is 6.75. The van der Waals surface area contributed by atoms with Gasteiger partial charge in [0.15, 0.2) is 0 Å². The predicted octanol–water partition coefficient (Wildman–Crippen LogP) is 4.08. The molecule has 2 rings (SSSR count). The average Bonchev–Trinajstić information content (AvgIpc) is 3.01. The zero-order chi connectivity index (χ0) is 14.0. The van der Waals surface area contributed by atoms with E-state index in [1.807, 2.05) is 12.4 Å². The molecule has 0 amide bonds. The van der Waals surface area contributed by atoms with Gasteiger partial charge in [-0.1, -0.05) is 6.92 Å². The van der Waals surface area contributed by atoms with Crippen molar-refractivity contribution >= 4 is 11.3 Å². The summed E-state index contributed by atoms with van der Waals surface area (Å²) in [5.74, 6) is 0. The number of nitrogens with one attached hydrogen (secondary N) is 1. The molecule has 3 heteroatoms. The van der Waals surface area contributed by atoms with Crippen LogP contribution in [0.15, 0.2) is 41.4 Å². The molecule has 2 nitrogen and oxygen atoms in total. The second-order valence-electron chi connectivity index (χ2n) is 5.22. The van der Waals surface area contributed by atoms with E-state index < -0.39 is 0 Å². The van der Waals surface area contributed by atoms with Crippen molar-refractivity contribution in [3.8, 4) is 0 Å². The Morgan fingerprint density at radius 3 is 2.50 bits per heavy atom. The topological polar surface area (TPSA) is 24.9 Å². The highest BCUT2D eigenvalue weighted by atomic mass is 32.1. The Bertz CT molecular complexity index is 453. The van der Waals surface area contributed by atoms with E-state index in [4.69, 9.17) is 0 Å². The van der Waals surface area contributed by atoms with E-state index in [2.05, 4.69) is 46.2 Å². The van der Waals surface area contributed by atoms with Gasteiger partial charge in [-0.3, -0.25) is 4.98 Å². The molecule has 1 N–H and O–H groups in total. The third-order valence-electron chi connectivity index (χ3n) is 3.58. The summed E-state index contributed by atoms with van der Waals surface area (Å²) in [7, 11) is 0. The summed E-state index contributed by atoms with van der Waals surface area (Å²) in [6.45, 7) is 3.34. The summed E-state index contributed by atoms with van der Waals surface area (Å²) in [4.78, 5) is 4.08. The first-order valence-electron chi connectivity index (χ1n) is 7.52. The van der Waals surface area contributed by atoms with Gasteiger partial charge in [-0.2, -0.15) is 11.3 Å². The van der Waals surface area contributed by atoms with Crippen LogP contribution in [0.4, 0.5) is 0 Å². The fourth-order valence-corrected chi connectivity index (χ4v) is 3.07. The van der Waals surface area contributed by atoms with E-state index in [1.54, 1.807) is 11.3 Å². The maximum Gasteiger partial charge on any atom is 0.0270 e. The highest BCUT2D eigenvalue weighted by molar-refractivity contribution is 7.07. The van der Waals surface area contributed by atoms with Crippen molar-refractivity contribution in [3.05, 3.63) is 52.5 Å². The van der Waals surface area contributed by atoms with Gasteiger partial charge in [-0.25, -0.2) is 0 Å². The van der Waals surface area contributed by atoms with E-state index in [1.165, 1.54) is 36.8 Å². The summed E-state index contributed by atoms with van der Waals surface area (Å²) in [6, 6.07) is 7.10. The molecule has 2 aromatic rings. The lowest BCUT2D eigenvalue weighted by atomic mass is 10.0. The quantitative estimate of drug-likeness (QED) is 0.752. The van der Waals surface area contributed by atoms with Gasteiger partial charge in [-0.15, -0.1) is 0 Å². The molecule has 2 heterocycles. The summed E-state index contributed by atoms with van der Waals surface area (Å²) in [5, 5.41) is 8.12. The highest BCUT2D eigenvalue weighted by Gasteiger charge is 2.08. The Morgan fingerprint density at radius 2 is 1.85 bits per heavy atom. The van der Waals surface area contributed by atoms with Crippen LogP contribution in [0.25, 0.3) is 0 Å². The number of aromatic nitrogens is 1. The molecule has 0 spiro atoms. The van der Waals surface area contributed by atoms with Gasteiger partial charge in [0.05, 0.1) is 0 Å². The first-order valence-corrected chi connectivity index (χ1v) is 8.46. The molecule has 0 aliphatic carbocycles. The van der Waals surface area contributed by atoms with E-state index >= 15 is 0 Å².